The van der Waals surface area contributed by atoms with Crippen LogP contribution in [0.25, 0.3) is 0 Å². The molecule has 0 aliphatic carbocycles. The normalized spacial score (nSPS) is 14.6. The summed E-state index contributed by atoms with van der Waals surface area (Å²) < 4.78 is 11.3. The highest BCUT2D eigenvalue weighted by Gasteiger charge is 2.22. The zero-order valence-electron chi connectivity index (χ0n) is 17.2. The maximum Gasteiger partial charge on any atom is 0.251 e. The Morgan fingerprint density at radius 2 is 1.76 bits per heavy atom. The summed E-state index contributed by atoms with van der Waals surface area (Å²) in [5, 5.41) is 3.02. The van der Waals surface area contributed by atoms with Crippen LogP contribution in [-0.2, 0) is 4.79 Å². The first-order chi connectivity index (χ1) is 14.0. The molecule has 0 unspecified atom stereocenters. The van der Waals surface area contributed by atoms with Crippen molar-refractivity contribution in [1.82, 2.24) is 5.32 Å². The van der Waals surface area contributed by atoms with Gasteiger partial charge in [-0.2, -0.15) is 0 Å². The molecule has 0 radical (unpaired) electrons. The Labute approximate surface area is 171 Å². The number of benzene rings is 2. The van der Waals surface area contributed by atoms with E-state index in [-0.39, 0.29) is 17.9 Å². The molecule has 1 atom stereocenters. The molecule has 0 saturated carbocycles. The maximum atomic E-state index is 12.7. The van der Waals surface area contributed by atoms with Gasteiger partial charge in [0.25, 0.3) is 5.91 Å². The van der Waals surface area contributed by atoms with Crippen molar-refractivity contribution >= 4 is 17.5 Å². The van der Waals surface area contributed by atoms with E-state index in [1.54, 1.807) is 17.0 Å². The number of nitrogens with zero attached hydrogens (tertiary/aromatic N) is 1. The van der Waals surface area contributed by atoms with E-state index in [2.05, 4.69) is 5.32 Å². The molecule has 0 bridgehead atoms. The van der Waals surface area contributed by atoms with E-state index in [0.717, 1.165) is 24.2 Å². The molecule has 0 spiro atoms. The van der Waals surface area contributed by atoms with Crippen LogP contribution in [0.1, 0.15) is 55.6 Å². The second kappa shape index (κ2) is 9.45. The molecule has 2 amide bonds. The minimum absolute atomic E-state index is 0.136. The summed E-state index contributed by atoms with van der Waals surface area (Å²) in [6.07, 6.45) is 1.47. The van der Waals surface area contributed by atoms with Gasteiger partial charge in [0.15, 0.2) is 11.5 Å². The molecule has 1 heterocycles. The largest absolute Gasteiger partial charge is 0.490 e. The average Bonchev–Trinajstić information content (AvgIpc) is 3.15. The first-order valence-corrected chi connectivity index (χ1v) is 10.1. The van der Waals surface area contributed by atoms with Crippen molar-refractivity contribution in [3.8, 4) is 11.5 Å². The fourth-order valence-corrected chi connectivity index (χ4v) is 3.41. The predicted molar refractivity (Wildman–Crippen MR) is 113 cm³/mol. The highest BCUT2D eigenvalue weighted by molar-refractivity contribution is 5.97. The van der Waals surface area contributed by atoms with E-state index in [1.807, 2.05) is 51.1 Å². The van der Waals surface area contributed by atoms with Crippen LogP contribution in [0.15, 0.2) is 42.5 Å². The number of carbonyl (C=O) groups excluding carboxylic acids is 2. The molecule has 1 aliphatic heterocycles. The molecule has 2 aromatic rings. The minimum Gasteiger partial charge on any atom is -0.490 e. The quantitative estimate of drug-likeness (QED) is 0.729. The molecule has 154 valence electrons. The van der Waals surface area contributed by atoms with Crippen molar-refractivity contribution in [2.45, 2.75) is 39.7 Å². The number of nitrogens with one attached hydrogen (secondary N) is 1. The molecule has 1 fully saturated rings. The molecule has 6 nitrogen and oxygen atoms in total. The Bertz CT molecular complexity index is 864. The Morgan fingerprint density at radius 3 is 2.38 bits per heavy atom. The van der Waals surface area contributed by atoms with E-state index in [1.165, 1.54) is 0 Å². The van der Waals surface area contributed by atoms with Gasteiger partial charge in [-0.15, -0.1) is 0 Å². The van der Waals surface area contributed by atoms with Gasteiger partial charge >= 0.3 is 0 Å². The molecule has 0 aromatic heterocycles. The van der Waals surface area contributed by atoms with Crippen molar-refractivity contribution in [3.63, 3.8) is 0 Å². The Balaban J connectivity index is 1.68. The summed E-state index contributed by atoms with van der Waals surface area (Å²) in [7, 11) is 0. The summed E-state index contributed by atoms with van der Waals surface area (Å²) in [4.78, 5) is 26.3. The first-order valence-electron chi connectivity index (χ1n) is 10.1. The number of carbonyl (C=O) groups is 2. The van der Waals surface area contributed by atoms with Crippen LogP contribution >= 0.6 is 0 Å². The van der Waals surface area contributed by atoms with Gasteiger partial charge in [0, 0.05) is 24.2 Å². The van der Waals surface area contributed by atoms with Crippen LogP contribution < -0.4 is 19.7 Å². The zero-order chi connectivity index (χ0) is 20.8. The van der Waals surface area contributed by atoms with Gasteiger partial charge in [-0.3, -0.25) is 9.59 Å². The van der Waals surface area contributed by atoms with Gasteiger partial charge in [0.1, 0.15) is 0 Å². The van der Waals surface area contributed by atoms with Crippen LogP contribution in [0.2, 0.25) is 0 Å². The monoisotopic (exact) mass is 396 g/mol. The second-order valence-electron chi connectivity index (χ2n) is 6.96. The number of amides is 2. The van der Waals surface area contributed by atoms with Crippen molar-refractivity contribution in [2.24, 2.45) is 0 Å². The lowest BCUT2D eigenvalue weighted by atomic mass is 10.1. The smallest absolute Gasteiger partial charge is 0.251 e. The van der Waals surface area contributed by atoms with Crippen LogP contribution in [0, 0.1) is 0 Å². The molecular weight excluding hydrogens is 368 g/mol. The molecule has 6 heteroatoms. The van der Waals surface area contributed by atoms with E-state index < -0.39 is 0 Å². The lowest BCUT2D eigenvalue weighted by Gasteiger charge is -2.18. The van der Waals surface area contributed by atoms with Crippen molar-refractivity contribution in [2.75, 3.05) is 24.7 Å². The summed E-state index contributed by atoms with van der Waals surface area (Å²) in [6, 6.07) is 12.7. The fraction of sp³-hybridized carbons (Fsp3) is 0.391. The molecule has 1 saturated heterocycles. The van der Waals surface area contributed by atoms with Crippen LogP contribution in [-0.4, -0.2) is 31.6 Å². The van der Waals surface area contributed by atoms with Crippen molar-refractivity contribution in [1.29, 1.82) is 0 Å². The molecule has 3 rings (SSSR count). The molecule has 29 heavy (non-hydrogen) atoms. The summed E-state index contributed by atoms with van der Waals surface area (Å²) in [6.45, 7) is 7.62. The Hall–Kier alpha value is -3.02. The lowest BCUT2D eigenvalue weighted by Crippen LogP contribution is -2.27. The van der Waals surface area contributed by atoms with Crippen LogP contribution in [0.3, 0.4) is 0 Å². The molecule has 1 N–H and O–H groups in total. The second-order valence-corrected chi connectivity index (χ2v) is 6.96. The number of rotatable bonds is 8. The molecular formula is C23H28N2O4. The maximum absolute atomic E-state index is 12.7. The molecule has 1 aliphatic rings. The summed E-state index contributed by atoms with van der Waals surface area (Å²) in [5.41, 5.74) is 2.33. The van der Waals surface area contributed by atoms with Gasteiger partial charge in [-0.25, -0.2) is 0 Å². The summed E-state index contributed by atoms with van der Waals surface area (Å²) in [5.74, 6) is 1.34. The van der Waals surface area contributed by atoms with Crippen LogP contribution in [0.4, 0.5) is 5.69 Å². The highest BCUT2D eigenvalue weighted by atomic mass is 16.5. The van der Waals surface area contributed by atoms with Gasteiger partial charge in [-0.1, -0.05) is 6.07 Å². The van der Waals surface area contributed by atoms with Crippen molar-refractivity contribution in [3.05, 3.63) is 53.6 Å². The standard InChI is InChI=1S/C23H28N2O4/c1-4-28-20-13-10-18(15-21(20)29-5-2)16(3)24-23(27)17-8-11-19(12-9-17)25-14-6-7-22(25)26/h8-13,15-16H,4-7,14H2,1-3H3,(H,24,27)/t16-/m1/s1. The minimum atomic E-state index is -0.197. The topological polar surface area (TPSA) is 67.9 Å². The third kappa shape index (κ3) is 4.88. The average molecular weight is 396 g/mol. The number of ether oxygens (including phenoxy) is 2. The van der Waals surface area contributed by atoms with E-state index >= 15 is 0 Å². The van der Waals surface area contributed by atoms with Gasteiger partial charge in [-0.05, 0) is 69.2 Å². The van der Waals surface area contributed by atoms with Gasteiger partial charge < -0.3 is 19.7 Å². The number of anilines is 1. The first kappa shape index (κ1) is 20.7. The lowest BCUT2D eigenvalue weighted by molar-refractivity contribution is -0.117. The van der Waals surface area contributed by atoms with Crippen molar-refractivity contribution < 1.29 is 19.1 Å². The highest BCUT2D eigenvalue weighted by Crippen LogP contribution is 2.31. The summed E-state index contributed by atoms with van der Waals surface area (Å²) >= 11 is 0. The Morgan fingerprint density at radius 1 is 1.07 bits per heavy atom. The third-order valence-electron chi connectivity index (χ3n) is 4.93. The zero-order valence-corrected chi connectivity index (χ0v) is 17.2. The van der Waals surface area contributed by atoms with E-state index in [9.17, 15) is 9.59 Å². The number of hydrogen-bond donors (Lipinski definition) is 1. The third-order valence-corrected chi connectivity index (χ3v) is 4.93. The predicted octanol–water partition coefficient (Wildman–Crippen LogP) is 4.10. The van der Waals surface area contributed by atoms with Gasteiger partial charge in [0.2, 0.25) is 5.91 Å². The SMILES string of the molecule is CCOc1ccc([C@@H](C)NC(=O)c2ccc(N3CCCC3=O)cc2)cc1OCC. The van der Waals surface area contributed by atoms with E-state index in [4.69, 9.17) is 9.47 Å². The van der Waals surface area contributed by atoms with Crippen LogP contribution in [0.5, 0.6) is 11.5 Å². The van der Waals surface area contributed by atoms with Gasteiger partial charge in [0.05, 0.1) is 19.3 Å². The Kier molecular flexibility index (Phi) is 6.75. The molecule has 2 aromatic carbocycles. The fourth-order valence-electron chi connectivity index (χ4n) is 3.41. The van der Waals surface area contributed by atoms with E-state index in [0.29, 0.717) is 36.7 Å². The number of hydrogen-bond acceptors (Lipinski definition) is 4.